The molecule has 4 aromatic heterocycles. The number of hydrogen-bond donors (Lipinski definition) is 2. The molecule has 0 aliphatic rings. The summed E-state index contributed by atoms with van der Waals surface area (Å²) in [4.78, 5) is 20.8. The van der Waals surface area contributed by atoms with Crippen molar-refractivity contribution in [2.75, 3.05) is 5.32 Å². The Bertz CT molecular complexity index is 1520. The lowest BCUT2D eigenvalue weighted by Gasteiger charge is -2.06. The molecule has 33 heavy (non-hydrogen) atoms. The fourth-order valence-corrected chi connectivity index (χ4v) is 3.07. The number of H-pyrrole nitrogens is 1. The minimum absolute atomic E-state index is 0.174. The normalized spacial score (nSPS) is 10.6. The molecule has 2 N–H and O–H groups in total. The zero-order valence-electron chi connectivity index (χ0n) is 16.9. The van der Waals surface area contributed by atoms with Crippen LogP contribution in [0.1, 0.15) is 16.8 Å². The fraction of sp³-hybridized carbons (Fsp3) is 0.0435. The standard InChI is InChI=1S/C23H14F2N8/c24-18-11-14(10-16-13-30-33-20(16)18)3-4-17-5-8-27-22(31-17)19-6-9-28-23(32-19)29-12-15-2-1-7-26-21(15)25/h1-2,5-11,13H,12H2,(H,30,33)(H,28,29,32). The monoisotopic (exact) mass is 440 g/mol. The first-order chi connectivity index (χ1) is 16.2. The SMILES string of the molecule is Fc1ncccc1CNc1nccc(-c2nccc(C#Cc3cc(F)c4[nH]ncc4c3)n2)n1. The molecule has 0 fully saturated rings. The highest BCUT2D eigenvalue weighted by molar-refractivity contribution is 5.80. The second kappa shape index (κ2) is 8.76. The van der Waals surface area contributed by atoms with Gasteiger partial charge in [-0.05, 0) is 36.3 Å². The fourth-order valence-electron chi connectivity index (χ4n) is 3.07. The lowest BCUT2D eigenvalue weighted by molar-refractivity contribution is 0.569. The number of nitrogens with zero attached hydrogens (tertiary/aromatic N) is 6. The van der Waals surface area contributed by atoms with Gasteiger partial charge >= 0.3 is 0 Å². The Morgan fingerprint density at radius 3 is 2.76 bits per heavy atom. The van der Waals surface area contributed by atoms with Crippen LogP contribution in [0.25, 0.3) is 22.4 Å². The molecule has 1 aromatic carbocycles. The van der Waals surface area contributed by atoms with Gasteiger partial charge in [-0.25, -0.2) is 29.3 Å². The Balaban J connectivity index is 1.36. The van der Waals surface area contributed by atoms with E-state index in [1.54, 1.807) is 42.7 Å². The van der Waals surface area contributed by atoms with Gasteiger partial charge < -0.3 is 5.32 Å². The predicted octanol–water partition coefficient (Wildman–Crippen LogP) is 3.50. The number of hydrogen-bond acceptors (Lipinski definition) is 7. The Labute approximate surface area is 186 Å². The van der Waals surface area contributed by atoms with Crippen LogP contribution in [0.2, 0.25) is 0 Å². The number of fused-ring (bicyclic) bond motifs is 1. The van der Waals surface area contributed by atoms with Crippen molar-refractivity contribution in [3.63, 3.8) is 0 Å². The predicted molar refractivity (Wildman–Crippen MR) is 117 cm³/mol. The molecule has 0 amide bonds. The first kappa shape index (κ1) is 20.1. The van der Waals surface area contributed by atoms with E-state index in [1.807, 2.05) is 0 Å². The summed E-state index contributed by atoms with van der Waals surface area (Å²) in [6, 6.07) is 9.66. The molecule has 0 saturated heterocycles. The molecule has 160 valence electrons. The highest BCUT2D eigenvalue weighted by Crippen LogP contribution is 2.17. The lowest BCUT2D eigenvalue weighted by atomic mass is 10.1. The molecule has 0 aliphatic heterocycles. The van der Waals surface area contributed by atoms with E-state index in [9.17, 15) is 8.78 Å². The summed E-state index contributed by atoms with van der Waals surface area (Å²) in [5.74, 6) is 5.48. The number of halogens is 2. The smallest absolute Gasteiger partial charge is 0.223 e. The number of aromatic nitrogens is 7. The van der Waals surface area contributed by atoms with E-state index in [1.165, 1.54) is 18.5 Å². The Morgan fingerprint density at radius 1 is 0.939 bits per heavy atom. The van der Waals surface area contributed by atoms with Crippen LogP contribution in [0.5, 0.6) is 0 Å². The lowest BCUT2D eigenvalue weighted by Crippen LogP contribution is -2.06. The average Bonchev–Trinajstić information content (AvgIpc) is 3.32. The first-order valence-electron chi connectivity index (χ1n) is 9.80. The van der Waals surface area contributed by atoms with Gasteiger partial charge in [0, 0.05) is 41.6 Å². The molecule has 5 rings (SSSR count). The number of benzene rings is 1. The highest BCUT2D eigenvalue weighted by Gasteiger charge is 2.08. The van der Waals surface area contributed by atoms with E-state index in [-0.39, 0.29) is 6.54 Å². The van der Waals surface area contributed by atoms with Gasteiger partial charge in [0.15, 0.2) is 5.82 Å². The number of nitrogens with one attached hydrogen (secondary N) is 2. The summed E-state index contributed by atoms with van der Waals surface area (Å²) in [6.07, 6.45) is 6.03. The molecule has 4 heterocycles. The van der Waals surface area contributed by atoms with Crippen molar-refractivity contribution in [1.29, 1.82) is 0 Å². The van der Waals surface area contributed by atoms with Crippen molar-refractivity contribution >= 4 is 16.9 Å². The summed E-state index contributed by atoms with van der Waals surface area (Å²) >= 11 is 0. The van der Waals surface area contributed by atoms with Crippen molar-refractivity contribution in [3.8, 4) is 23.4 Å². The van der Waals surface area contributed by atoms with Crippen LogP contribution >= 0.6 is 0 Å². The third kappa shape index (κ3) is 4.47. The van der Waals surface area contributed by atoms with Gasteiger partial charge in [0.1, 0.15) is 22.7 Å². The number of aromatic amines is 1. The van der Waals surface area contributed by atoms with Crippen molar-refractivity contribution < 1.29 is 8.78 Å². The molecule has 8 nitrogen and oxygen atoms in total. The molecule has 0 unspecified atom stereocenters. The van der Waals surface area contributed by atoms with E-state index in [0.29, 0.717) is 45.2 Å². The summed E-state index contributed by atoms with van der Waals surface area (Å²) in [5.41, 5.74) is 2.14. The molecule has 0 aliphatic carbocycles. The second-order valence-electron chi connectivity index (χ2n) is 6.88. The maximum absolute atomic E-state index is 14.1. The molecule has 5 aromatic rings. The maximum Gasteiger partial charge on any atom is 0.223 e. The average molecular weight is 440 g/mol. The van der Waals surface area contributed by atoms with Crippen LogP contribution in [0.15, 0.2) is 61.2 Å². The van der Waals surface area contributed by atoms with Gasteiger partial charge in [0.05, 0.1) is 6.20 Å². The van der Waals surface area contributed by atoms with E-state index in [0.717, 1.165) is 0 Å². The van der Waals surface area contributed by atoms with Gasteiger partial charge in [-0.3, -0.25) is 5.10 Å². The van der Waals surface area contributed by atoms with Crippen LogP contribution in [0, 0.1) is 23.6 Å². The number of rotatable bonds is 4. The Kier molecular flexibility index (Phi) is 5.35. The van der Waals surface area contributed by atoms with E-state index in [2.05, 4.69) is 52.3 Å². The van der Waals surface area contributed by atoms with Crippen LogP contribution in [0.4, 0.5) is 14.7 Å². The van der Waals surface area contributed by atoms with Crippen LogP contribution < -0.4 is 5.32 Å². The van der Waals surface area contributed by atoms with Gasteiger partial charge in [0.2, 0.25) is 11.9 Å². The Hall–Kier alpha value is -4.78. The zero-order valence-corrected chi connectivity index (χ0v) is 16.9. The van der Waals surface area contributed by atoms with Gasteiger partial charge in [0.25, 0.3) is 0 Å². The summed E-state index contributed by atoms with van der Waals surface area (Å²) in [5, 5.41) is 10.0. The van der Waals surface area contributed by atoms with Gasteiger partial charge in [-0.1, -0.05) is 12.0 Å². The van der Waals surface area contributed by atoms with Gasteiger partial charge in [-0.2, -0.15) is 9.49 Å². The quantitative estimate of drug-likeness (QED) is 0.326. The zero-order chi connectivity index (χ0) is 22.6. The van der Waals surface area contributed by atoms with Crippen molar-refractivity contribution in [2.24, 2.45) is 0 Å². The molecule has 0 radical (unpaired) electrons. The van der Waals surface area contributed by atoms with E-state index < -0.39 is 11.8 Å². The molecule has 0 atom stereocenters. The number of anilines is 1. The summed E-state index contributed by atoms with van der Waals surface area (Å²) in [6.45, 7) is 0.174. The largest absolute Gasteiger partial charge is 0.350 e. The molecule has 0 bridgehead atoms. The van der Waals surface area contributed by atoms with Crippen molar-refractivity contribution in [1.82, 2.24) is 35.1 Å². The molecular weight excluding hydrogens is 426 g/mol. The molecule has 0 saturated carbocycles. The van der Waals surface area contributed by atoms with Crippen LogP contribution in [-0.4, -0.2) is 35.1 Å². The van der Waals surface area contributed by atoms with E-state index in [4.69, 9.17) is 0 Å². The van der Waals surface area contributed by atoms with Crippen molar-refractivity contribution in [3.05, 3.63) is 89.8 Å². The topological polar surface area (TPSA) is 105 Å². The summed E-state index contributed by atoms with van der Waals surface area (Å²) in [7, 11) is 0. The highest BCUT2D eigenvalue weighted by atomic mass is 19.1. The minimum atomic E-state index is -0.553. The molecular formula is C23H14F2N8. The van der Waals surface area contributed by atoms with E-state index >= 15 is 0 Å². The van der Waals surface area contributed by atoms with Crippen LogP contribution in [-0.2, 0) is 6.54 Å². The third-order valence-corrected chi connectivity index (χ3v) is 4.65. The van der Waals surface area contributed by atoms with Crippen LogP contribution in [0.3, 0.4) is 0 Å². The third-order valence-electron chi connectivity index (χ3n) is 4.65. The second-order valence-corrected chi connectivity index (χ2v) is 6.88. The van der Waals surface area contributed by atoms with Crippen molar-refractivity contribution in [2.45, 2.75) is 6.54 Å². The Morgan fingerprint density at radius 2 is 1.85 bits per heavy atom. The van der Waals surface area contributed by atoms with Gasteiger partial charge in [-0.15, -0.1) is 0 Å². The molecule has 10 heteroatoms. The first-order valence-corrected chi connectivity index (χ1v) is 9.80. The number of pyridine rings is 1. The molecule has 0 spiro atoms. The minimum Gasteiger partial charge on any atom is -0.350 e. The summed E-state index contributed by atoms with van der Waals surface area (Å²) < 4.78 is 27.8. The maximum atomic E-state index is 14.1.